The predicted molar refractivity (Wildman–Crippen MR) is 102 cm³/mol. The van der Waals surface area contributed by atoms with E-state index in [-0.39, 0.29) is 24.2 Å². The van der Waals surface area contributed by atoms with Crippen molar-refractivity contribution in [1.82, 2.24) is 20.5 Å². The third-order valence-electron chi connectivity index (χ3n) is 4.72. The smallest absolute Gasteiger partial charge is 0.388 e. The summed E-state index contributed by atoms with van der Waals surface area (Å²) in [6, 6.07) is 1.02. The Morgan fingerprint density at radius 1 is 1.31 bits per heavy atom. The topological polar surface area (TPSA) is 83.6 Å². The lowest BCUT2D eigenvalue weighted by atomic mass is 9.99. The first-order chi connectivity index (χ1) is 15.0. The summed E-state index contributed by atoms with van der Waals surface area (Å²) in [5.41, 5.74) is -0.200. The number of hydrogen-bond acceptors (Lipinski definition) is 4. The fourth-order valence-corrected chi connectivity index (χ4v) is 3.28. The molecule has 0 saturated carbocycles. The molecule has 13 heteroatoms. The number of rotatable bonds is 4. The van der Waals surface area contributed by atoms with Gasteiger partial charge in [-0.15, -0.1) is 13.2 Å². The Balaban J connectivity index is 1.96. The number of amides is 3. The summed E-state index contributed by atoms with van der Waals surface area (Å²) in [7, 11) is 0. The second-order valence-corrected chi connectivity index (χ2v) is 7.16. The number of nitrogens with one attached hydrogen (secondary N) is 2. The minimum atomic E-state index is -4.97. The van der Waals surface area contributed by atoms with E-state index >= 15 is 0 Å². The number of aromatic nitrogens is 1. The van der Waals surface area contributed by atoms with Crippen molar-refractivity contribution < 1.29 is 36.3 Å². The number of ether oxygens (including phenoxy) is 1. The van der Waals surface area contributed by atoms with Crippen molar-refractivity contribution in [2.24, 2.45) is 0 Å². The summed E-state index contributed by atoms with van der Waals surface area (Å²) in [5, 5.41) is 4.27. The van der Waals surface area contributed by atoms with Crippen LogP contribution in [0.25, 0.3) is 0 Å². The first-order valence-corrected chi connectivity index (χ1v) is 9.55. The molecule has 2 heterocycles. The number of halogens is 6. The molecule has 2 N–H and O–H groups in total. The predicted octanol–water partition coefficient (Wildman–Crippen LogP) is 3.53. The van der Waals surface area contributed by atoms with Gasteiger partial charge in [0, 0.05) is 30.9 Å². The Morgan fingerprint density at radius 3 is 2.66 bits per heavy atom. The molecule has 3 amide bonds. The summed E-state index contributed by atoms with van der Waals surface area (Å²) in [6.07, 6.45) is -4.03. The van der Waals surface area contributed by atoms with Crippen LogP contribution in [0, 0.1) is 11.6 Å². The van der Waals surface area contributed by atoms with Crippen molar-refractivity contribution in [3.05, 3.63) is 58.2 Å². The van der Waals surface area contributed by atoms with Gasteiger partial charge in [-0.05, 0) is 24.6 Å². The first-order valence-electron chi connectivity index (χ1n) is 9.18. The second kappa shape index (κ2) is 9.15. The molecule has 1 aliphatic heterocycles. The average molecular weight is 479 g/mol. The maximum atomic E-state index is 14.7. The molecule has 32 heavy (non-hydrogen) atoms. The molecule has 1 unspecified atom stereocenters. The summed E-state index contributed by atoms with van der Waals surface area (Å²) >= 11 is 5.65. The van der Waals surface area contributed by atoms with Gasteiger partial charge in [-0.25, -0.2) is 18.6 Å². The maximum absolute atomic E-state index is 14.7. The monoisotopic (exact) mass is 478 g/mol. The molecule has 172 valence electrons. The highest BCUT2D eigenvalue weighted by Crippen LogP contribution is 2.31. The third-order valence-corrected chi connectivity index (χ3v) is 5.06. The van der Waals surface area contributed by atoms with Gasteiger partial charge < -0.3 is 20.3 Å². The van der Waals surface area contributed by atoms with Crippen LogP contribution in [0.4, 0.5) is 26.7 Å². The molecule has 7 nitrogen and oxygen atoms in total. The van der Waals surface area contributed by atoms with Crippen LogP contribution >= 0.6 is 11.6 Å². The lowest BCUT2D eigenvalue weighted by Gasteiger charge is -2.34. The van der Waals surface area contributed by atoms with E-state index in [0.717, 1.165) is 30.5 Å². The highest BCUT2D eigenvalue weighted by molar-refractivity contribution is 6.31. The van der Waals surface area contributed by atoms with Gasteiger partial charge in [0.1, 0.15) is 22.7 Å². The molecule has 0 spiro atoms. The van der Waals surface area contributed by atoms with E-state index in [2.05, 4.69) is 20.4 Å². The number of nitrogens with zero attached hydrogens (tertiary/aromatic N) is 2. The Morgan fingerprint density at radius 2 is 2.03 bits per heavy atom. The van der Waals surface area contributed by atoms with Crippen LogP contribution < -0.4 is 15.4 Å². The van der Waals surface area contributed by atoms with Crippen LogP contribution in [0.5, 0.6) is 5.88 Å². The van der Waals surface area contributed by atoms with Gasteiger partial charge in [0.2, 0.25) is 11.8 Å². The molecule has 1 aromatic carbocycles. The van der Waals surface area contributed by atoms with Crippen LogP contribution in [0.2, 0.25) is 5.02 Å². The van der Waals surface area contributed by atoms with Crippen molar-refractivity contribution in [2.45, 2.75) is 25.4 Å². The molecule has 2 aromatic rings. The van der Waals surface area contributed by atoms with Gasteiger partial charge in [0.15, 0.2) is 0 Å². The summed E-state index contributed by atoms with van der Waals surface area (Å²) in [5.74, 6) is -3.37. The zero-order chi connectivity index (χ0) is 23.6. The number of urea groups is 1. The van der Waals surface area contributed by atoms with E-state index in [1.807, 2.05) is 0 Å². The van der Waals surface area contributed by atoms with E-state index < -0.39 is 52.9 Å². The molecule has 0 aliphatic carbocycles. The van der Waals surface area contributed by atoms with Crippen LogP contribution in [-0.2, 0) is 4.79 Å². The van der Waals surface area contributed by atoms with E-state index in [4.69, 9.17) is 11.6 Å². The van der Waals surface area contributed by atoms with Gasteiger partial charge in [-0.2, -0.15) is 0 Å². The Hall–Kier alpha value is -3.15. The van der Waals surface area contributed by atoms with Crippen LogP contribution in [0.1, 0.15) is 24.1 Å². The van der Waals surface area contributed by atoms with Crippen LogP contribution in [0.3, 0.4) is 0 Å². The molecule has 0 bridgehead atoms. The highest BCUT2D eigenvalue weighted by atomic mass is 35.5. The van der Waals surface area contributed by atoms with Crippen molar-refractivity contribution in [3.8, 4) is 5.88 Å². The molecule has 0 radical (unpaired) electrons. The molecule has 1 saturated heterocycles. The summed E-state index contributed by atoms with van der Waals surface area (Å²) < 4.78 is 69.2. The molecule has 1 fully saturated rings. The van der Waals surface area contributed by atoms with E-state index in [1.165, 1.54) is 11.8 Å². The molecular weight excluding hydrogens is 463 g/mol. The normalized spacial score (nSPS) is 17.5. The number of carbonyl (C=O) groups excluding carboxylic acids is 2. The zero-order valence-electron chi connectivity index (χ0n) is 16.3. The lowest BCUT2D eigenvalue weighted by molar-refractivity contribution is -0.276. The van der Waals surface area contributed by atoms with Gasteiger partial charge >= 0.3 is 12.4 Å². The number of benzene rings is 1. The summed E-state index contributed by atoms with van der Waals surface area (Å²) in [4.78, 5) is 29.4. The minimum absolute atomic E-state index is 0.0589. The largest absolute Gasteiger partial charge is 0.574 e. The number of piperazine rings is 1. The summed E-state index contributed by atoms with van der Waals surface area (Å²) in [6.45, 7) is 1.85. The van der Waals surface area contributed by atoms with Gasteiger partial charge in [-0.3, -0.25) is 4.79 Å². The zero-order valence-corrected chi connectivity index (χ0v) is 17.1. The minimum Gasteiger partial charge on any atom is -0.388 e. The van der Waals surface area contributed by atoms with Crippen molar-refractivity contribution in [3.63, 3.8) is 0 Å². The Labute approximate surface area is 183 Å². The lowest BCUT2D eigenvalue weighted by Crippen LogP contribution is -2.58. The van der Waals surface area contributed by atoms with E-state index in [1.54, 1.807) is 0 Å². The van der Waals surface area contributed by atoms with Gasteiger partial charge in [0.05, 0.1) is 6.04 Å². The second-order valence-electron chi connectivity index (χ2n) is 6.79. The third kappa shape index (κ3) is 5.18. The fourth-order valence-electron chi connectivity index (χ4n) is 3.11. The number of hydrogen-bond donors (Lipinski definition) is 2. The van der Waals surface area contributed by atoms with Crippen molar-refractivity contribution in [1.29, 1.82) is 0 Å². The Bertz CT molecular complexity index is 1020. The fraction of sp³-hybridized carbons (Fsp3) is 0.316. The van der Waals surface area contributed by atoms with E-state index in [9.17, 15) is 31.5 Å². The van der Waals surface area contributed by atoms with Gasteiger partial charge in [-0.1, -0.05) is 17.7 Å². The molecule has 3 rings (SSSR count). The van der Waals surface area contributed by atoms with Crippen molar-refractivity contribution >= 4 is 23.5 Å². The molecule has 1 aliphatic rings. The number of pyridine rings is 1. The van der Waals surface area contributed by atoms with E-state index in [0.29, 0.717) is 0 Å². The number of alkyl halides is 3. The molecule has 1 aromatic heterocycles. The van der Waals surface area contributed by atoms with Gasteiger partial charge in [0.25, 0.3) is 0 Å². The highest BCUT2D eigenvalue weighted by Gasteiger charge is 2.33. The van der Waals surface area contributed by atoms with Crippen LogP contribution in [0.15, 0.2) is 30.5 Å². The number of carbonyl (C=O) groups is 2. The molecular formula is C19H16ClF5N4O3. The SMILES string of the molecule is C[C@@H]1C(=O)NCCN1C(=O)NC(c1ccc(OC(F)(F)F)nc1)c1ccc(F)c(Cl)c1F. The quantitative estimate of drug-likeness (QED) is 0.520. The Kier molecular flexibility index (Phi) is 6.72. The van der Waals surface area contributed by atoms with Crippen molar-refractivity contribution in [2.75, 3.05) is 13.1 Å². The average Bonchev–Trinajstić information content (AvgIpc) is 2.72. The standard InChI is InChI=1S/C19H16ClF5N4O3/c1-9-17(30)26-6-7-29(9)18(31)28-16(11-3-4-12(21)14(20)15(11)22)10-2-5-13(27-8-10)32-19(23,24)25/h2-5,8-9,16H,6-7H2,1H3,(H,26,30)(H,28,31)/t9-,16?/m1/s1. The molecule has 2 atom stereocenters. The van der Waals surface area contributed by atoms with Crippen LogP contribution in [-0.4, -0.2) is 47.3 Å². The first kappa shape index (κ1) is 23.5. The maximum Gasteiger partial charge on any atom is 0.574 e.